The van der Waals surface area contributed by atoms with Gasteiger partial charge in [-0.3, -0.25) is 10.1 Å². The molecular weight excluding hydrogens is 268 g/mol. The molecule has 0 spiro atoms. The Morgan fingerprint density at radius 1 is 1.15 bits per heavy atom. The summed E-state index contributed by atoms with van der Waals surface area (Å²) in [6.45, 7) is 0. The first-order chi connectivity index (χ1) is 9.49. The van der Waals surface area contributed by atoms with Crippen molar-refractivity contribution in [1.29, 1.82) is 5.26 Å². The highest BCUT2D eigenvalue weighted by Gasteiger charge is 2.11. The standard InChI is InChI=1S/C13H7F2N3O2/c14-9-1-2-13(8(3-9)7-16)17-11-4-10(15)5-12(6-11)18(19)20/h1-6,17H. The maximum Gasteiger partial charge on any atom is 0.274 e. The number of nitro benzene ring substituents is 1. The number of non-ortho nitro benzene ring substituents is 1. The second-order valence-electron chi connectivity index (χ2n) is 3.88. The average Bonchev–Trinajstić information content (AvgIpc) is 2.40. The van der Waals surface area contributed by atoms with Crippen molar-refractivity contribution in [2.24, 2.45) is 0 Å². The van der Waals surface area contributed by atoms with E-state index in [4.69, 9.17) is 5.26 Å². The largest absolute Gasteiger partial charge is 0.354 e. The number of nitrogens with zero attached hydrogens (tertiary/aromatic N) is 2. The lowest BCUT2D eigenvalue weighted by Crippen LogP contribution is -1.97. The Kier molecular flexibility index (Phi) is 3.57. The van der Waals surface area contributed by atoms with Gasteiger partial charge >= 0.3 is 0 Å². The van der Waals surface area contributed by atoms with Crippen molar-refractivity contribution in [3.05, 3.63) is 63.7 Å². The monoisotopic (exact) mass is 275 g/mol. The molecule has 0 atom stereocenters. The van der Waals surface area contributed by atoms with E-state index in [9.17, 15) is 18.9 Å². The van der Waals surface area contributed by atoms with E-state index in [1.54, 1.807) is 6.07 Å². The zero-order chi connectivity index (χ0) is 14.7. The molecule has 1 N–H and O–H groups in total. The summed E-state index contributed by atoms with van der Waals surface area (Å²) < 4.78 is 26.2. The molecule has 2 aromatic rings. The van der Waals surface area contributed by atoms with E-state index in [-0.39, 0.29) is 16.9 Å². The number of anilines is 2. The molecule has 0 aromatic heterocycles. The summed E-state index contributed by atoms with van der Waals surface area (Å²) in [4.78, 5) is 9.90. The van der Waals surface area contributed by atoms with Crippen molar-refractivity contribution < 1.29 is 13.7 Å². The minimum absolute atomic E-state index is 0.0110. The molecule has 0 saturated carbocycles. The van der Waals surface area contributed by atoms with Gasteiger partial charge in [-0.25, -0.2) is 8.78 Å². The molecule has 0 amide bonds. The lowest BCUT2D eigenvalue weighted by Gasteiger charge is -2.08. The van der Waals surface area contributed by atoms with Crippen molar-refractivity contribution in [1.82, 2.24) is 0 Å². The molecule has 0 aliphatic heterocycles. The number of nitrogens with one attached hydrogen (secondary N) is 1. The minimum atomic E-state index is -0.790. The van der Waals surface area contributed by atoms with Crippen LogP contribution in [0, 0.1) is 33.1 Å². The molecule has 20 heavy (non-hydrogen) atoms. The molecule has 0 fully saturated rings. The fourth-order valence-corrected chi connectivity index (χ4v) is 1.63. The number of nitriles is 1. The second kappa shape index (κ2) is 5.32. The number of nitro groups is 1. The average molecular weight is 275 g/mol. The van der Waals surface area contributed by atoms with E-state index in [0.29, 0.717) is 0 Å². The number of hydrogen-bond donors (Lipinski definition) is 1. The van der Waals surface area contributed by atoms with Crippen LogP contribution in [0.25, 0.3) is 0 Å². The molecule has 2 rings (SSSR count). The van der Waals surface area contributed by atoms with Crippen LogP contribution < -0.4 is 5.32 Å². The predicted octanol–water partition coefficient (Wildman–Crippen LogP) is 3.49. The van der Waals surface area contributed by atoms with Gasteiger partial charge in [-0.2, -0.15) is 5.26 Å². The summed E-state index contributed by atoms with van der Waals surface area (Å²) in [7, 11) is 0. The van der Waals surface area contributed by atoms with Crippen molar-refractivity contribution in [3.8, 4) is 6.07 Å². The number of hydrogen-bond acceptors (Lipinski definition) is 4. The third-order valence-electron chi connectivity index (χ3n) is 2.47. The van der Waals surface area contributed by atoms with Crippen LogP contribution in [-0.2, 0) is 0 Å². The minimum Gasteiger partial charge on any atom is -0.354 e. The van der Waals surface area contributed by atoms with Gasteiger partial charge in [0.15, 0.2) is 0 Å². The quantitative estimate of drug-likeness (QED) is 0.687. The van der Waals surface area contributed by atoms with Gasteiger partial charge in [0.25, 0.3) is 5.69 Å². The molecule has 0 unspecified atom stereocenters. The van der Waals surface area contributed by atoms with Crippen molar-refractivity contribution in [2.75, 3.05) is 5.32 Å². The van der Waals surface area contributed by atoms with E-state index in [2.05, 4.69) is 5.32 Å². The smallest absolute Gasteiger partial charge is 0.274 e. The van der Waals surface area contributed by atoms with E-state index in [1.165, 1.54) is 6.07 Å². The van der Waals surface area contributed by atoms with E-state index >= 15 is 0 Å². The summed E-state index contributed by atoms with van der Waals surface area (Å²) in [6.07, 6.45) is 0. The second-order valence-corrected chi connectivity index (χ2v) is 3.88. The van der Waals surface area contributed by atoms with Crippen molar-refractivity contribution in [3.63, 3.8) is 0 Å². The van der Waals surface area contributed by atoms with Gasteiger partial charge in [-0.05, 0) is 24.3 Å². The van der Waals surface area contributed by atoms with Gasteiger partial charge in [0.1, 0.15) is 17.7 Å². The highest BCUT2D eigenvalue weighted by molar-refractivity contribution is 5.68. The molecule has 0 bridgehead atoms. The number of halogens is 2. The van der Waals surface area contributed by atoms with Gasteiger partial charge < -0.3 is 5.32 Å². The Balaban J connectivity index is 2.40. The highest BCUT2D eigenvalue weighted by Crippen LogP contribution is 2.25. The summed E-state index contributed by atoms with van der Waals surface area (Å²) in [5, 5.41) is 22.2. The lowest BCUT2D eigenvalue weighted by molar-refractivity contribution is -0.385. The fourth-order valence-electron chi connectivity index (χ4n) is 1.63. The number of rotatable bonds is 3. The van der Waals surface area contributed by atoms with Gasteiger partial charge in [-0.15, -0.1) is 0 Å². The number of benzene rings is 2. The Bertz CT molecular complexity index is 726. The summed E-state index contributed by atoms with van der Waals surface area (Å²) >= 11 is 0. The molecule has 2 aromatic carbocycles. The maximum absolute atomic E-state index is 13.3. The Labute approximate surface area is 112 Å². The summed E-state index contributed by atoms with van der Waals surface area (Å²) in [5.41, 5.74) is -0.0846. The molecular formula is C13H7F2N3O2. The third-order valence-corrected chi connectivity index (χ3v) is 2.47. The molecule has 0 aliphatic carbocycles. The first-order valence-corrected chi connectivity index (χ1v) is 5.41. The molecule has 0 radical (unpaired) electrons. The maximum atomic E-state index is 13.3. The Morgan fingerprint density at radius 2 is 1.90 bits per heavy atom. The Morgan fingerprint density at radius 3 is 2.55 bits per heavy atom. The first kappa shape index (κ1) is 13.4. The molecule has 0 aliphatic rings. The summed E-state index contributed by atoms with van der Waals surface area (Å²) in [5.74, 6) is -1.38. The first-order valence-electron chi connectivity index (χ1n) is 5.41. The van der Waals surface area contributed by atoms with Gasteiger partial charge in [-0.1, -0.05) is 0 Å². The van der Waals surface area contributed by atoms with E-state index in [1.807, 2.05) is 0 Å². The third kappa shape index (κ3) is 2.87. The van der Waals surface area contributed by atoms with Crippen LogP contribution in [0.5, 0.6) is 0 Å². The van der Waals surface area contributed by atoms with Crippen LogP contribution in [0.1, 0.15) is 5.56 Å². The van der Waals surface area contributed by atoms with Crippen LogP contribution in [0.4, 0.5) is 25.8 Å². The fraction of sp³-hybridized carbons (Fsp3) is 0. The van der Waals surface area contributed by atoms with Crippen LogP contribution in [0.15, 0.2) is 36.4 Å². The van der Waals surface area contributed by atoms with Crippen molar-refractivity contribution >= 4 is 17.1 Å². The van der Waals surface area contributed by atoms with Crippen LogP contribution in [0.3, 0.4) is 0 Å². The van der Waals surface area contributed by atoms with Gasteiger partial charge in [0.05, 0.1) is 22.2 Å². The molecule has 5 nitrogen and oxygen atoms in total. The molecule has 7 heteroatoms. The van der Waals surface area contributed by atoms with Crippen LogP contribution in [0.2, 0.25) is 0 Å². The van der Waals surface area contributed by atoms with Crippen LogP contribution >= 0.6 is 0 Å². The zero-order valence-corrected chi connectivity index (χ0v) is 9.93. The van der Waals surface area contributed by atoms with E-state index in [0.717, 1.165) is 30.3 Å². The lowest BCUT2D eigenvalue weighted by atomic mass is 10.1. The molecule has 0 saturated heterocycles. The molecule has 100 valence electrons. The summed E-state index contributed by atoms with van der Waals surface area (Å²) in [6, 6.07) is 8.14. The SMILES string of the molecule is N#Cc1cc(F)ccc1Nc1cc(F)cc([N+](=O)[O-])c1. The van der Waals surface area contributed by atoms with Gasteiger partial charge in [0, 0.05) is 11.8 Å². The normalized spacial score (nSPS) is 9.85. The van der Waals surface area contributed by atoms with Gasteiger partial charge in [0.2, 0.25) is 0 Å². The molecule has 0 heterocycles. The van der Waals surface area contributed by atoms with Crippen LogP contribution in [-0.4, -0.2) is 4.92 Å². The van der Waals surface area contributed by atoms with E-state index < -0.39 is 22.2 Å². The highest BCUT2D eigenvalue weighted by atomic mass is 19.1. The van der Waals surface area contributed by atoms with Crippen molar-refractivity contribution in [2.45, 2.75) is 0 Å². The topological polar surface area (TPSA) is 79.0 Å². The Hall–Kier alpha value is -3.01. The zero-order valence-electron chi connectivity index (χ0n) is 9.93. The predicted molar refractivity (Wildman–Crippen MR) is 67.5 cm³/mol.